The van der Waals surface area contributed by atoms with Crippen molar-refractivity contribution in [3.05, 3.63) is 33.8 Å². The highest BCUT2D eigenvalue weighted by atomic mass is 79.9. The lowest BCUT2D eigenvalue weighted by Gasteiger charge is -2.08. The van der Waals surface area contributed by atoms with Crippen LogP contribution >= 0.6 is 27.5 Å². The van der Waals surface area contributed by atoms with Crippen LogP contribution in [0.5, 0.6) is 0 Å². The van der Waals surface area contributed by atoms with Crippen LogP contribution in [0.3, 0.4) is 0 Å². The van der Waals surface area contributed by atoms with E-state index in [4.69, 9.17) is 17.3 Å². The fourth-order valence-electron chi connectivity index (χ4n) is 1.15. The van der Waals surface area contributed by atoms with E-state index in [1.807, 2.05) is 25.1 Å². The molecule has 2 N–H and O–H groups in total. The Morgan fingerprint density at radius 2 is 2.29 bits per heavy atom. The van der Waals surface area contributed by atoms with Gasteiger partial charge in [-0.05, 0) is 25.0 Å². The summed E-state index contributed by atoms with van der Waals surface area (Å²) in [5, 5.41) is -0.645. The Balaban J connectivity index is 2.85. The van der Waals surface area contributed by atoms with Crippen LogP contribution < -0.4 is 5.73 Å². The van der Waals surface area contributed by atoms with Gasteiger partial charge in [0.25, 0.3) is 0 Å². The van der Waals surface area contributed by atoms with E-state index >= 15 is 0 Å². The molecule has 4 heteroatoms. The molecule has 0 bridgehead atoms. The molecule has 1 atom stereocenters. The molecule has 1 rings (SSSR count). The lowest BCUT2D eigenvalue weighted by atomic mass is 10.1. The van der Waals surface area contributed by atoms with Gasteiger partial charge < -0.3 is 5.73 Å². The lowest BCUT2D eigenvalue weighted by Crippen LogP contribution is -2.25. The maximum atomic E-state index is 10.8. The summed E-state index contributed by atoms with van der Waals surface area (Å²) in [6.45, 7) is 1.99. The number of hydrogen-bond donors (Lipinski definition) is 1. The number of nitrogens with two attached hydrogens (primary N) is 1. The summed E-state index contributed by atoms with van der Waals surface area (Å²) >= 11 is 9.18. The monoisotopic (exact) mass is 275 g/mol. The Morgan fingerprint density at radius 1 is 1.64 bits per heavy atom. The average Bonchev–Trinajstić information content (AvgIpc) is 2.11. The van der Waals surface area contributed by atoms with Crippen LogP contribution in [0.1, 0.15) is 11.1 Å². The molecule has 0 saturated carbocycles. The van der Waals surface area contributed by atoms with Gasteiger partial charge in [-0.1, -0.05) is 33.6 Å². The van der Waals surface area contributed by atoms with Gasteiger partial charge in [0.05, 0.1) is 0 Å². The highest BCUT2D eigenvalue weighted by Crippen LogP contribution is 2.20. The number of hydrogen-bond acceptors (Lipinski definition) is 1. The molecular weight excluding hydrogens is 265 g/mol. The average molecular weight is 277 g/mol. The van der Waals surface area contributed by atoms with E-state index in [-0.39, 0.29) is 0 Å². The quantitative estimate of drug-likeness (QED) is 0.847. The number of carbonyl (C=O) groups is 1. The van der Waals surface area contributed by atoms with Crippen LogP contribution in [0.2, 0.25) is 0 Å². The second-order valence-electron chi connectivity index (χ2n) is 3.17. The van der Waals surface area contributed by atoms with E-state index in [1.54, 1.807) is 0 Å². The van der Waals surface area contributed by atoms with Gasteiger partial charge in [-0.25, -0.2) is 0 Å². The SMILES string of the molecule is Cc1ccc(Br)c(CC(Cl)C(N)=O)c1. The van der Waals surface area contributed by atoms with Crippen molar-refractivity contribution in [3.63, 3.8) is 0 Å². The van der Waals surface area contributed by atoms with Crippen molar-refractivity contribution in [1.82, 2.24) is 0 Å². The second-order valence-corrected chi connectivity index (χ2v) is 4.55. The molecule has 1 amide bonds. The smallest absolute Gasteiger partial charge is 0.235 e. The summed E-state index contributed by atoms with van der Waals surface area (Å²) in [5.74, 6) is -0.486. The first kappa shape index (κ1) is 11.5. The lowest BCUT2D eigenvalue weighted by molar-refractivity contribution is -0.117. The van der Waals surface area contributed by atoms with Gasteiger partial charge in [0.15, 0.2) is 0 Å². The zero-order valence-electron chi connectivity index (χ0n) is 7.76. The molecule has 0 aromatic heterocycles. The molecule has 76 valence electrons. The number of alkyl halides is 1. The van der Waals surface area contributed by atoms with Gasteiger partial charge in [0.2, 0.25) is 5.91 Å². The molecule has 1 unspecified atom stereocenters. The molecule has 1 aromatic carbocycles. The second kappa shape index (κ2) is 4.80. The van der Waals surface area contributed by atoms with Crippen molar-refractivity contribution in [2.75, 3.05) is 0 Å². The summed E-state index contributed by atoms with van der Waals surface area (Å²) in [7, 11) is 0. The fourth-order valence-corrected chi connectivity index (χ4v) is 1.73. The minimum atomic E-state index is -0.645. The zero-order chi connectivity index (χ0) is 10.7. The number of primary amides is 1. The fraction of sp³-hybridized carbons (Fsp3) is 0.300. The molecule has 0 radical (unpaired) electrons. The van der Waals surface area contributed by atoms with E-state index in [0.717, 1.165) is 15.6 Å². The Morgan fingerprint density at radius 3 is 2.86 bits per heavy atom. The molecule has 1 aromatic rings. The normalized spacial score (nSPS) is 12.5. The first-order valence-corrected chi connectivity index (χ1v) is 5.42. The van der Waals surface area contributed by atoms with E-state index in [1.165, 1.54) is 0 Å². The van der Waals surface area contributed by atoms with Crippen LogP contribution in [0, 0.1) is 6.92 Å². The molecule has 0 aliphatic heterocycles. The van der Waals surface area contributed by atoms with Crippen molar-refractivity contribution in [2.24, 2.45) is 5.73 Å². The molecule has 0 aliphatic carbocycles. The zero-order valence-corrected chi connectivity index (χ0v) is 10.1. The number of carbonyl (C=O) groups excluding carboxylic acids is 1. The van der Waals surface area contributed by atoms with Crippen LogP contribution in [0.4, 0.5) is 0 Å². The largest absolute Gasteiger partial charge is 0.368 e. The summed E-state index contributed by atoms with van der Waals surface area (Å²) in [6, 6.07) is 5.92. The van der Waals surface area contributed by atoms with Crippen molar-refractivity contribution in [3.8, 4) is 0 Å². The number of amides is 1. The maximum Gasteiger partial charge on any atom is 0.235 e. The molecule has 0 fully saturated rings. The summed E-state index contributed by atoms with van der Waals surface area (Å²) in [4.78, 5) is 10.8. The third-order valence-corrected chi connectivity index (χ3v) is 3.05. The molecule has 2 nitrogen and oxygen atoms in total. The van der Waals surface area contributed by atoms with Crippen molar-refractivity contribution < 1.29 is 4.79 Å². The topological polar surface area (TPSA) is 43.1 Å². The highest BCUT2D eigenvalue weighted by molar-refractivity contribution is 9.10. The Hall–Kier alpha value is -0.540. The Labute approximate surface area is 96.6 Å². The molecular formula is C10H11BrClNO. The van der Waals surface area contributed by atoms with E-state index < -0.39 is 11.3 Å². The summed E-state index contributed by atoms with van der Waals surface area (Å²) in [5.41, 5.74) is 7.22. The highest BCUT2D eigenvalue weighted by Gasteiger charge is 2.13. The number of aryl methyl sites for hydroxylation is 1. The van der Waals surface area contributed by atoms with Crippen molar-refractivity contribution >= 4 is 33.4 Å². The summed E-state index contributed by atoms with van der Waals surface area (Å²) in [6.07, 6.45) is 0.457. The molecule has 0 spiro atoms. The number of rotatable bonds is 3. The van der Waals surface area contributed by atoms with E-state index in [9.17, 15) is 4.79 Å². The van der Waals surface area contributed by atoms with Gasteiger partial charge in [-0.3, -0.25) is 4.79 Å². The maximum absolute atomic E-state index is 10.8. The van der Waals surface area contributed by atoms with E-state index in [2.05, 4.69) is 15.9 Å². The predicted octanol–water partition coefficient (Wildman–Crippen LogP) is 2.39. The van der Waals surface area contributed by atoms with E-state index in [0.29, 0.717) is 6.42 Å². The summed E-state index contributed by atoms with van der Waals surface area (Å²) < 4.78 is 0.954. The van der Waals surface area contributed by atoms with Gasteiger partial charge in [-0.2, -0.15) is 0 Å². The van der Waals surface area contributed by atoms with Crippen LogP contribution in [0.15, 0.2) is 22.7 Å². The molecule has 14 heavy (non-hydrogen) atoms. The molecule has 0 heterocycles. The van der Waals surface area contributed by atoms with Gasteiger partial charge in [-0.15, -0.1) is 11.6 Å². The first-order chi connectivity index (χ1) is 6.50. The Kier molecular flexibility index (Phi) is 3.96. The number of halogens is 2. The van der Waals surface area contributed by atoms with Crippen LogP contribution in [-0.4, -0.2) is 11.3 Å². The van der Waals surface area contributed by atoms with Gasteiger partial charge in [0.1, 0.15) is 5.38 Å². The van der Waals surface area contributed by atoms with Gasteiger partial charge >= 0.3 is 0 Å². The van der Waals surface area contributed by atoms with Crippen molar-refractivity contribution in [2.45, 2.75) is 18.7 Å². The standard InChI is InChI=1S/C10H11BrClNO/c1-6-2-3-8(11)7(4-6)5-9(12)10(13)14/h2-4,9H,5H2,1H3,(H2,13,14). The van der Waals surface area contributed by atoms with Gasteiger partial charge in [0, 0.05) is 4.47 Å². The third-order valence-electron chi connectivity index (χ3n) is 1.91. The van der Waals surface area contributed by atoms with Crippen LogP contribution in [-0.2, 0) is 11.2 Å². The minimum absolute atomic E-state index is 0.457. The van der Waals surface area contributed by atoms with Crippen molar-refractivity contribution in [1.29, 1.82) is 0 Å². The van der Waals surface area contributed by atoms with Crippen LogP contribution in [0.25, 0.3) is 0 Å². The predicted molar refractivity (Wildman–Crippen MR) is 61.4 cm³/mol. The number of benzene rings is 1. The minimum Gasteiger partial charge on any atom is -0.368 e. The third kappa shape index (κ3) is 3.00. The molecule has 0 aliphatic rings. The molecule has 0 saturated heterocycles. The first-order valence-electron chi connectivity index (χ1n) is 4.19. The Bertz CT molecular complexity index is 354.